The summed E-state index contributed by atoms with van der Waals surface area (Å²) in [6.07, 6.45) is 0. The minimum absolute atomic E-state index is 0.0766. The maximum Gasteiger partial charge on any atom is 0.0746 e. The van der Waals surface area contributed by atoms with Crippen molar-refractivity contribution in [1.29, 1.82) is 0 Å². The zero-order valence-electron chi connectivity index (χ0n) is 9.52. The highest BCUT2D eigenvalue weighted by Crippen LogP contribution is 2.04. The van der Waals surface area contributed by atoms with Crippen LogP contribution in [0.2, 0.25) is 0 Å². The van der Waals surface area contributed by atoms with Gasteiger partial charge in [0.25, 0.3) is 0 Å². The molecule has 0 saturated carbocycles. The number of hydrogen-bond acceptors (Lipinski definition) is 3. The second kappa shape index (κ2) is 6.35. The first-order chi connectivity index (χ1) is 6.02. The highest BCUT2D eigenvalue weighted by molar-refractivity contribution is 4.71. The topological polar surface area (TPSA) is 30.5 Å². The van der Waals surface area contributed by atoms with Crippen LogP contribution in [0.25, 0.3) is 0 Å². The summed E-state index contributed by atoms with van der Waals surface area (Å²) in [6.45, 7) is 8.96. The Labute approximate surface area is 81.8 Å². The van der Waals surface area contributed by atoms with Crippen LogP contribution in [0.1, 0.15) is 20.8 Å². The van der Waals surface area contributed by atoms with Crippen molar-refractivity contribution in [3.63, 3.8) is 0 Å². The van der Waals surface area contributed by atoms with Gasteiger partial charge in [-0.15, -0.1) is 0 Å². The van der Waals surface area contributed by atoms with Crippen molar-refractivity contribution in [2.24, 2.45) is 5.92 Å². The number of rotatable bonds is 7. The first kappa shape index (κ1) is 12.9. The van der Waals surface area contributed by atoms with Crippen molar-refractivity contribution in [1.82, 2.24) is 5.32 Å². The molecule has 3 heteroatoms. The standard InChI is InChI=1S/C10H23NO2/c1-9(7-12-4)6-11-8-10(2,3)13-5/h9,11H,6-8H2,1-5H3. The Kier molecular flexibility index (Phi) is 6.29. The molecule has 0 spiro atoms. The average Bonchev–Trinajstić information content (AvgIpc) is 2.05. The lowest BCUT2D eigenvalue weighted by molar-refractivity contribution is 0.0220. The molecule has 0 aliphatic heterocycles. The van der Waals surface area contributed by atoms with E-state index in [1.807, 2.05) is 0 Å². The fourth-order valence-electron chi connectivity index (χ4n) is 1.04. The molecule has 3 nitrogen and oxygen atoms in total. The second-order valence-electron chi connectivity index (χ2n) is 4.16. The van der Waals surface area contributed by atoms with Crippen molar-refractivity contribution >= 4 is 0 Å². The molecular weight excluding hydrogens is 166 g/mol. The Bertz CT molecular complexity index is 126. The van der Waals surface area contributed by atoms with Crippen molar-refractivity contribution in [2.75, 3.05) is 33.9 Å². The number of hydrogen-bond donors (Lipinski definition) is 1. The number of nitrogens with one attached hydrogen (secondary N) is 1. The van der Waals surface area contributed by atoms with Crippen LogP contribution >= 0.6 is 0 Å². The summed E-state index contributed by atoms with van der Waals surface area (Å²) < 4.78 is 10.3. The van der Waals surface area contributed by atoms with Gasteiger partial charge < -0.3 is 14.8 Å². The minimum atomic E-state index is -0.0766. The van der Waals surface area contributed by atoms with Crippen molar-refractivity contribution in [3.05, 3.63) is 0 Å². The molecule has 80 valence electrons. The molecule has 0 rings (SSSR count). The monoisotopic (exact) mass is 189 g/mol. The third kappa shape index (κ3) is 6.99. The van der Waals surface area contributed by atoms with Crippen molar-refractivity contribution in [3.8, 4) is 0 Å². The smallest absolute Gasteiger partial charge is 0.0746 e. The zero-order valence-corrected chi connectivity index (χ0v) is 9.52. The van der Waals surface area contributed by atoms with Gasteiger partial charge in [-0.05, 0) is 19.8 Å². The van der Waals surface area contributed by atoms with E-state index in [0.29, 0.717) is 5.92 Å². The Hall–Kier alpha value is -0.120. The summed E-state index contributed by atoms with van der Waals surface area (Å²) >= 11 is 0. The van der Waals surface area contributed by atoms with Crippen LogP contribution in [0.4, 0.5) is 0 Å². The van der Waals surface area contributed by atoms with Gasteiger partial charge in [-0.1, -0.05) is 6.92 Å². The van der Waals surface area contributed by atoms with E-state index in [2.05, 4.69) is 26.1 Å². The molecule has 0 aromatic heterocycles. The van der Waals surface area contributed by atoms with Crippen molar-refractivity contribution in [2.45, 2.75) is 26.4 Å². The Morgan fingerprint density at radius 1 is 1.31 bits per heavy atom. The van der Waals surface area contributed by atoms with Gasteiger partial charge in [0.2, 0.25) is 0 Å². The van der Waals surface area contributed by atoms with E-state index in [9.17, 15) is 0 Å². The van der Waals surface area contributed by atoms with Gasteiger partial charge in [0.05, 0.1) is 5.60 Å². The highest BCUT2D eigenvalue weighted by atomic mass is 16.5. The second-order valence-corrected chi connectivity index (χ2v) is 4.16. The molecular formula is C10H23NO2. The fraction of sp³-hybridized carbons (Fsp3) is 1.00. The molecule has 0 aromatic rings. The predicted molar refractivity (Wildman–Crippen MR) is 55.0 cm³/mol. The van der Waals surface area contributed by atoms with E-state index in [4.69, 9.17) is 9.47 Å². The van der Waals surface area contributed by atoms with E-state index in [-0.39, 0.29) is 5.60 Å². The van der Waals surface area contributed by atoms with Crippen LogP contribution < -0.4 is 5.32 Å². The van der Waals surface area contributed by atoms with E-state index >= 15 is 0 Å². The fourth-order valence-corrected chi connectivity index (χ4v) is 1.04. The van der Waals surface area contributed by atoms with E-state index in [1.54, 1.807) is 14.2 Å². The van der Waals surface area contributed by atoms with E-state index < -0.39 is 0 Å². The first-order valence-electron chi connectivity index (χ1n) is 4.76. The van der Waals surface area contributed by atoms with E-state index in [0.717, 1.165) is 19.7 Å². The summed E-state index contributed by atoms with van der Waals surface area (Å²) in [5.74, 6) is 0.553. The molecule has 0 heterocycles. The van der Waals surface area contributed by atoms with E-state index in [1.165, 1.54) is 0 Å². The Morgan fingerprint density at radius 2 is 1.92 bits per heavy atom. The largest absolute Gasteiger partial charge is 0.384 e. The summed E-state index contributed by atoms with van der Waals surface area (Å²) in [7, 11) is 3.47. The molecule has 1 N–H and O–H groups in total. The average molecular weight is 189 g/mol. The van der Waals surface area contributed by atoms with Crippen LogP contribution in [0, 0.1) is 5.92 Å². The molecule has 1 atom stereocenters. The molecule has 13 heavy (non-hydrogen) atoms. The number of ether oxygens (including phenoxy) is 2. The molecule has 1 unspecified atom stereocenters. The minimum Gasteiger partial charge on any atom is -0.384 e. The van der Waals surface area contributed by atoms with Gasteiger partial charge in [-0.3, -0.25) is 0 Å². The van der Waals surface area contributed by atoms with Crippen LogP contribution in [0.15, 0.2) is 0 Å². The van der Waals surface area contributed by atoms with Crippen LogP contribution in [0.3, 0.4) is 0 Å². The highest BCUT2D eigenvalue weighted by Gasteiger charge is 2.15. The quantitative estimate of drug-likeness (QED) is 0.654. The summed E-state index contributed by atoms with van der Waals surface area (Å²) in [5.41, 5.74) is -0.0766. The lowest BCUT2D eigenvalue weighted by Gasteiger charge is -2.24. The predicted octanol–water partition coefficient (Wildman–Crippen LogP) is 1.28. The molecule has 0 aliphatic rings. The van der Waals surface area contributed by atoms with Gasteiger partial charge >= 0.3 is 0 Å². The lowest BCUT2D eigenvalue weighted by atomic mass is 10.1. The van der Waals surface area contributed by atoms with Crippen LogP contribution in [-0.2, 0) is 9.47 Å². The maximum atomic E-state index is 5.29. The van der Waals surface area contributed by atoms with Gasteiger partial charge in [0.1, 0.15) is 0 Å². The molecule has 0 saturated heterocycles. The summed E-state index contributed by atoms with van der Waals surface area (Å²) in [5, 5.41) is 3.36. The number of methoxy groups -OCH3 is 2. The zero-order chi connectivity index (χ0) is 10.3. The summed E-state index contributed by atoms with van der Waals surface area (Å²) in [4.78, 5) is 0. The SMILES string of the molecule is COCC(C)CNCC(C)(C)OC. The first-order valence-corrected chi connectivity index (χ1v) is 4.76. The normalized spacial score (nSPS) is 14.5. The molecule has 0 bridgehead atoms. The van der Waals surface area contributed by atoms with Gasteiger partial charge in [-0.2, -0.15) is 0 Å². The molecule has 0 amide bonds. The third-order valence-electron chi connectivity index (χ3n) is 2.05. The Balaban J connectivity index is 3.44. The van der Waals surface area contributed by atoms with Gasteiger partial charge in [0, 0.05) is 33.9 Å². The van der Waals surface area contributed by atoms with Crippen LogP contribution in [-0.4, -0.2) is 39.5 Å². The molecule has 0 radical (unpaired) electrons. The Morgan fingerprint density at radius 3 is 2.38 bits per heavy atom. The molecule has 0 fully saturated rings. The van der Waals surface area contributed by atoms with Crippen molar-refractivity contribution < 1.29 is 9.47 Å². The van der Waals surface area contributed by atoms with Gasteiger partial charge in [-0.25, -0.2) is 0 Å². The third-order valence-corrected chi connectivity index (χ3v) is 2.05. The molecule has 0 aromatic carbocycles. The van der Waals surface area contributed by atoms with Crippen LogP contribution in [0.5, 0.6) is 0 Å². The lowest BCUT2D eigenvalue weighted by Crippen LogP contribution is -2.38. The van der Waals surface area contributed by atoms with Gasteiger partial charge in [0.15, 0.2) is 0 Å². The molecule has 0 aliphatic carbocycles. The maximum absolute atomic E-state index is 5.29. The summed E-state index contributed by atoms with van der Waals surface area (Å²) in [6, 6.07) is 0.